The second kappa shape index (κ2) is 9.19. The number of hydrogen-bond acceptors (Lipinski definition) is 5. The van der Waals surface area contributed by atoms with Gasteiger partial charge in [0.25, 0.3) is 0 Å². The number of pyridine rings is 1. The fourth-order valence-electron chi connectivity index (χ4n) is 2.43. The molecule has 0 saturated heterocycles. The number of amides is 1. The topological polar surface area (TPSA) is 68.3 Å². The second-order valence-corrected chi connectivity index (χ2v) is 6.89. The molecule has 1 aromatic heterocycles. The van der Waals surface area contributed by atoms with Gasteiger partial charge < -0.3 is 10.1 Å². The molecule has 0 aliphatic rings. The quantitative estimate of drug-likeness (QED) is 0.482. The van der Waals surface area contributed by atoms with Gasteiger partial charge in [0.2, 0.25) is 5.91 Å². The third-order valence-corrected chi connectivity index (χ3v) is 4.70. The fourth-order valence-corrected chi connectivity index (χ4v) is 3.11. The third-order valence-electron chi connectivity index (χ3n) is 3.77. The normalized spacial score (nSPS) is 10.6. The summed E-state index contributed by atoms with van der Waals surface area (Å²) in [5, 5.41) is 4.70. The van der Waals surface area contributed by atoms with Crippen molar-refractivity contribution in [1.82, 2.24) is 4.98 Å². The van der Waals surface area contributed by atoms with Crippen LogP contribution in [-0.2, 0) is 9.53 Å². The number of rotatable bonds is 7. The van der Waals surface area contributed by atoms with E-state index >= 15 is 0 Å². The molecule has 0 aliphatic heterocycles. The summed E-state index contributed by atoms with van der Waals surface area (Å²) >= 11 is 1.38. The highest BCUT2D eigenvalue weighted by atomic mass is 32.2. The summed E-state index contributed by atoms with van der Waals surface area (Å²) in [4.78, 5) is 28.5. The minimum Gasteiger partial charge on any atom is -0.462 e. The van der Waals surface area contributed by atoms with Gasteiger partial charge in [-0.2, -0.15) is 0 Å². The van der Waals surface area contributed by atoms with Gasteiger partial charge in [-0.1, -0.05) is 43.0 Å². The van der Waals surface area contributed by atoms with Gasteiger partial charge in [0.1, 0.15) is 0 Å². The molecule has 3 aromatic rings. The first-order chi connectivity index (χ1) is 13.2. The van der Waals surface area contributed by atoms with Crippen molar-refractivity contribution in [2.24, 2.45) is 0 Å². The number of nitrogens with one attached hydrogen (secondary N) is 1. The van der Waals surface area contributed by atoms with Crippen LogP contribution in [0.5, 0.6) is 0 Å². The molecular formula is C21H20N2O3S. The predicted octanol–water partition coefficient (Wildman–Crippen LogP) is 4.53. The molecule has 0 saturated carbocycles. The maximum absolute atomic E-state index is 12.2. The van der Waals surface area contributed by atoms with Gasteiger partial charge in [0.15, 0.2) is 0 Å². The van der Waals surface area contributed by atoms with Crippen LogP contribution in [0.3, 0.4) is 0 Å². The lowest BCUT2D eigenvalue weighted by Crippen LogP contribution is -2.14. The van der Waals surface area contributed by atoms with E-state index in [1.807, 2.05) is 43.3 Å². The van der Waals surface area contributed by atoms with Crippen molar-refractivity contribution in [2.75, 3.05) is 17.7 Å². The lowest BCUT2D eigenvalue weighted by Gasteiger charge is -2.07. The van der Waals surface area contributed by atoms with Crippen molar-refractivity contribution in [3.8, 4) is 0 Å². The molecule has 0 spiro atoms. The predicted molar refractivity (Wildman–Crippen MR) is 108 cm³/mol. The maximum Gasteiger partial charge on any atom is 0.338 e. The Hall–Kier alpha value is -2.86. The van der Waals surface area contributed by atoms with Crippen molar-refractivity contribution in [3.63, 3.8) is 0 Å². The van der Waals surface area contributed by atoms with Crippen LogP contribution in [0.25, 0.3) is 10.9 Å². The number of para-hydroxylation sites is 1. The molecule has 5 nitrogen and oxygen atoms in total. The number of carbonyl (C=O) groups excluding carboxylic acids is 2. The summed E-state index contributed by atoms with van der Waals surface area (Å²) < 4.78 is 5.08. The first-order valence-corrected chi connectivity index (χ1v) is 9.70. The van der Waals surface area contributed by atoms with Crippen molar-refractivity contribution >= 4 is 40.2 Å². The smallest absolute Gasteiger partial charge is 0.338 e. The molecule has 2 aromatic carbocycles. The molecular weight excluding hydrogens is 360 g/mol. The average Bonchev–Trinajstić information content (AvgIpc) is 2.71. The highest BCUT2D eigenvalue weighted by molar-refractivity contribution is 7.99. The highest BCUT2D eigenvalue weighted by Crippen LogP contribution is 2.20. The SMILES string of the molecule is CCCOC(=O)c1ccc(NC(=O)CSc2ccc3ccccc3n2)cc1. The van der Waals surface area contributed by atoms with Crippen LogP contribution in [0.15, 0.2) is 65.7 Å². The summed E-state index contributed by atoms with van der Waals surface area (Å²) in [6.45, 7) is 2.34. The first kappa shape index (κ1) is 18.9. The standard InChI is InChI=1S/C21H20N2O3S/c1-2-13-26-21(25)16-7-10-17(11-8-16)22-19(24)14-27-20-12-9-15-5-3-4-6-18(15)23-20/h3-12H,2,13-14H2,1H3,(H,22,24). The number of nitrogens with zero attached hydrogens (tertiary/aromatic N) is 1. The maximum atomic E-state index is 12.2. The Morgan fingerprint density at radius 3 is 2.59 bits per heavy atom. The van der Waals surface area contributed by atoms with Gasteiger partial charge in [-0.05, 0) is 42.8 Å². The Kier molecular flexibility index (Phi) is 6.44. The summed E-state index contributed by atoms with van der Waals surface area (Å²) in [7, 11) is 0. The van der Waals surface area contributed by atoms with E-state index in [9.17, 15) is 9.59 Å². The molecule has 0 atom stereocenters. The molecule has 27 heavy (non-hydrogen) atoms. The highest BCUT2D eigenvalue weighted by Gasteiger charge is 2.08. The molecule has 0 unspecified atom stereocenters. The van der Waals surface area contributed by atoms with E-state index in [1.54, 1.807) is 24.3 Å². The molecule has 1 amide bonds. The van der Waals surface area contributed by atoms with Crippen molar-refractivity contribution in [1.29, 1.82) is 0 Å². The van der Waals surface area contributed by atoms with Crippen LogP contribution in [0, 0.1) is 0 Å². The Balaban J connectivity index is 1.53. The largest absolute Gasteiger partial charge is 0.462 e. The number of aromatic nitrogens is 1. The summed E-state index contributed by atoms with van der Waals surface area (Å²) in [5.41, 5.74) is 2.02. The van der Waals surface area contributed by atoms with Crippen LogP contribution in [0.1, 0.15) is 23.7 Å². The molecule has 138 valence electrons. The van der Waals surface area contributed by atoms with E-state index in [-0.39, 0.29) is 17.6 Å². The molecule has 0 aliphatic carbocycles. The zero-order chi connectivity index (χ0) is 19.1. The van der Waals surface area contributed by atoms with Crippen LogP contribution in [0.2, 0.25) is 0 Å². The van der Waals surface area contributed by atoms with E-state index < -0.39 is 0 Å². The Morgan fingerprint density at radius 2 is 1.81 bits per heavy atom. The van der Waals surface area contributed by atoms with Crippen molar-refractivity contribution in [2.45, 2.75) is 18.4 Å². The molecule has 0 bridgehead atoms. The van der Waals surface area contributed by atoms with Crippen LogP contribution < -0.4 is 5.32 Å². The molecule has 0 radical (unpaired) electrons. The third kappa shape index (κ3) is 5.31. The van der Waals surface area contributed by atoms with Gasteiger partial charge in [-0.25, -0.2) is 9.78 Å². The lowest BCUT2D eigenvalue weighted by molar-refractivity contribution is -0.113. The van der Waals surface area contributed by atoms with E-state index in [1.165, 1.54) is 11.8 Å². The number of carbonyl (C=O) groups is 2. The Labute approximate surface area is 162 Å². The number of esters is 1. The van der Waals surface area contributed by atoms with Crippen molar-refractivity contribution < 1.29 is 14.3 Å². The first-order valence-electron chi connectivity index (χ1n) is 8.71. The number of hydrogen-bond donors (Lipinski definition) is 1. The number of anilines is 1. The Bertz CT molecular complexity index is 942. The molecule has 1 N–H and O–H groups in total. The number of thioether (sulfide) groups is 1. The van der Waals surface area contributed by atoms with E-state index in [4.69, 9.17) is 4.74 Å². The fraction of sp³-hybridized carbons (Fsp3) is 0.190. The van der Waals surface area contributed by atoms with Gasteiger partial charge >= 0.3 is 5.97 Å². The van der Waals surface area contributed by atoms with Gasteiger partial charge in [-0.15, -0.1) is 0 Å². The molecule has 1 heterocycles. The molecule has 6 heteroatoms. The van der Waals surface area contributed by atoms with Gasteiger partial charge in [0.05, 0.1) is 28.5 Å². The minimum atomic E-state index is -0.354. The zero-order valence-electron chi connectivity index (χ0n) is 15.0. The van der Waals surface area contributed by atoms with Crippen LogP contribution >= 0.6 is 11.8 Å². The summed E-state index contributed by atoms with van der Waals surface area (Å²) in [6, 6.07) is 18.5. The number of fused-ring (bicyclic) bond motifs is 1. The van der Waals surface area contributed by atoms with Crippen LogP contribution in [0.4, 0.5) is 5.69 Å². The molecule has 0 fully saturated rings. The lowest BCUT2D eigenvalue weighted by atomic mass is 10.2. The monoisotopic (exact) mass is 380 g/mol. The second-order valence-electron chi connectivity index (χ2n) is 5.89. The number of benzene rings is 2. The molecule has 3 rings (SSSR count). The minimum absolute atomic E-state index is 0.128. The van der Waals surface area contributed by atoms with Crippen molar-refractivity contribution in [3.05, 3.63) is 66.2 Å². The van der Waals surface area contributed by atoms with E-state index in [0.29, 0.717) is 17.9 Å². The van der Waals surface area contributed by atoms with E-state index in [2.05, 4.69) is 10.3 Å². The summed E-state index contributed by atoms with van der Waals surface area (Å²) in [6.07, 6.45) is 0.781. The van der Waals surface area contributed by atoms with E-state index in [0.717, 1.165) is 22.3 Å². The number of ether oxygens (including phenoxy) is 1. The summed E-state index contributed by atoms with van der Waals surface area (Å²) in [5.74, 6) is -0.227. The zero-order valence-corrected chi connectivity index (χ0v) is 15.8. The Morgan fingerprint density at radius 1 is 1.04 bits per heavy atom. The van der Waals surface area contributed by atoms with Gasteiger partial charge in [0, 0.05) is 11.1 Å². The average molecular weight is 380 g/mol. The van der Waals surface area contributed by atoms with Gasteiger partial charge in [-0.3, -0.25) is 4.79 Å². The van der Waals surface area contributed by atoms with Crippen LogP contribution in [-0.4, -0.2) is 29.2 Å².